The smallest absolute Gasteiger partial charge is 0.462 e. The maximum Gasteiger partial charge on any atom is 0.514 e. The van der Waals surface area contributed by atoms with Crippen LogP contribution in [0.15, 0.2) is 18.8 Å². The van der Waals surface area contributed by atoms with E-state index in [1.165, 1.54) is 18.3 Å². The summed E-state index contributed by atoms with van der Waals surface area (Å²) in [6.45, 7) is 11.0. The lowest BCUT2D eigenvalue weighted by atomic mass is 10.2. The van der Waals surface area contributed by atoms with E-state index in [-0.39, 0.29) is 17.0 Å². The van der Waals surface area contributed by atoms with Crippen LogP contribution in [0.1, 0.15) is 56.6 Å². The van der Waals surface area contributed by atoms with Gasteiger partial charge in [-0.05, 0) is 39.3 Å². The van der Waals surface area contributed by atoms with Crippen molar-refractivity contribution in [1.82, 2.24) is 4.98 Å². The molecule has 0 aromatic carbocycles. The third kappa shape index (κ3) is 6.10. The summed E-state index contributed by atoms with van der Waals surface area (Å²) in [6.07, 6.45) is 3.56. The monoisotopic (exact) mass is 321 g/mol. The Labute approximate surface area is 136 Å². The Balaban J connectivity index is 3.01. The van der Waals surface area contributed by atoms with Crippen molar-refractivity contribution in [3.05, 3.63) is 30.1 Å². The summed E-state index contributed by atoms with van der Waals surface area (Å²) in [4.78, 5) is 28.1. The number of hydrogen-bond acceptors (Lipinski definition) is 6. The number of unbranched alkanes of at least 4 members (excludes halogenated alkanes) is 1. The van der Waals surface area contributed by atoms with E-state index in [2.05, 4.69) is 11.6 Å². The largest absolute Gasteiger partial charge is 0.514 e. The standard InChI is InChI=1S/C17H23NO5/c1-6-8-11-21-15(19)12-9-10-18-13(7-2)14(12)22-16(20)23-17(3,4)5/h7,9-10H,2,6,8,11H2,1,3-5H3. The van der Waals surface area contributed by atoms with E-state index in [1.807, 2.05) is 6.92 Å². The minimum atomic E-state index is -0.920. The van der Waals surface area contributed by atoms with Gasteiger partial charge >= 0.3 is 12.1 Å². The van der Waals surface area contributed by atoms with Crippen LogP contribution >= 0.6 is 0 Å². The van der Waals surface area contributed by atoms with Crippen LogP contribution < -0.4 is 4.74 Å². The zero-order valence-electron chi connectivity index (χ0n) is 14.0. The highest BCUT2D eigenvalue weighted by atomic mass is 16.7. The SMILES string of the molecule is C=Cc1nccc(C(=O)OCCCC)c1OC(=O)OC(C)(C)C. The normalized spacial score (nSPS) is 10.8. The molecule has 0 atom stereocenters. The number of hydrogen-bond donors (Lipinski definition) is 0. The maximum atomic E-state index is 12.2. The van der Waals surface area contributed by atoms with Crippen molar-refractivity contribution in [2.75, 3.05) is 6.61 Å². The molecule has 1 heterocycles. The molecule has 1 aromatic rings. The van der Waals surface area contributed by atoms with Crippen LogP contribution in [-0.2, 0) is 9.47 Å². The first-order valence-electron chi connectivity index (χ1n) is 7.48. The van der Waals surface area contributed by atoms with Crippen LogP contribution in [0.2, 0.25) is 0 Å². The Morgan fingerprint density at radius 1 is 1.35 bits per heavy atom. The van der Waals surface area contributed by atoms with Crippen molar-refractivity contribution in [2.45, 2.75) is 46.1 Å². The van der Waals surface area contributed by atoms with E-state index in [4.69, 9.17) is 14.2 Å². The van der Waals surface area contributed by atoms with Gasteiger partial charge in [0, 0.05) is 6.20 Å². The first kappa shape index (κ1) is 18.7. The molecule has 0 amide bonds. The molecule has 0 radical (unpaired) electrons. The quantitative estimate of drug-likeness (QED) is 0.582. The molecule has 23 heavy (non-hydrogen) atoms. The van der Waals surface area contributed by atoms with Gasteiger partial charge in [0.1, 0.15) is 16.9 Å². The van der Waals surface area contributed by atoms with Crippen molar-refractivity contribution in [2.24, 2.45) is 0 Å². The summed E-state index contributed by atoms with van der Waals surface area (Å²) in [6, 6.07) is 1.43. The fraction of sp³-hybridized carbons (Fsp3) is 0.471. The molecule has 0 spiro atoms. The average Bonchev–Trinajstić information content (AvgIpc) is 2.45. The first-order chi connectivity index (χ1) is 10.8. The minimum Gasteiger partial charge on any atom is -0.462 e. The lowest BCUT2D eigenvalue weighted by Crippen LogP contribution is -2.26. The van der Waals surface area contributed by atoms with E-state index in [0.29, 0.717) is 6.61 Å². The van der Waals surface area contributed by atoms with Gasteiger partial charge in [-0.3, -0.25) is 4.98 Å². The second kappa shape index (κ2) is 8.31. The summed E-state index contributed by atoms with van der Waals surface area (Å²) in [5.41, 5.74) is -0.340. The molecule has 1 rings (SSSR count). The molecule has 0 aliphatic heterocycles. The summed E-state index contributed by atoms with van der Waals surface area (Å²) in [5.74, 6) is -0.597. The van der Waals surface area contributed by atoms with Gasteiger partial charge in [-0.15, -0.1) is 0 Å². The third-order valence-electron chi connectivity index (χ3n) is 2.65. The highest BCUT2D eigenvalue weighted by Crippen LogP contribution is 2.25. The van der Waals surface area contributed by atoms with Gasteiger partial charge in [0.15, 0.2) is 5.75 Å². The van der Waals surface area contributed by atoms with Crippen molar-refractivity contribution >= 4 is 18.2 Å². The second-order valence-corrected chi connectivity index (χ2v) is 5.83. The van der Waals surface area contributed by atoms with E-state index in [1.54, 1.807) is 20.8 Å². The molecule has 0 saturated heterocycles. The van der Waals surface area contributed by atoms with Crippen LogP contribution in [0.4, 0.5) is 4.79 Å². The number of carbonyl (C=O) groups excluding carboxylic acids is 2. The fourth-order valence-corrected chi connectivity index (χ4v) is 1.62. The van der Waals surface area contributed by atoms with E-state index in [9.17, 15) is 9.59 Å². The zero-order chi connectivity index (χ0) is 17.5. The molecule has 6 nitrogen and oxygen atoms in total. The summed E-state index contributed by atoms with van der Waals surface area (Å²) < 4.78 is 15.4. The predicted octanol–water partition coefficient (Wildman–Crippen LogP) is 4.00. The Bertz CT molecular complexity index is 575. The Morgan fingerprint density at radius 3 is 2.61 bits per heavy atom. The molecule has 0 fully saturated rings. The molecule has 0 bridgehead atoms. The van der Waals surface area contributed by atoms with E-state index in [0.717, 1.165) is 12.8 Å². The van der Waals surface area contributed by atoms with E-state index >= 15 is 0 Å². The number of ether oxygens (including phenoxy) is 3. The molecular weight excluding hydrogens is 298 g/mol. The molecule has 0 saturated carbocycles. The van der Waals surface area contributed by atoms with Gasteiger partial charge in [0.25, 0.3) is 0 Å². The summed E-state index contributed by atoms with van der Waals surface area (Å²) in [5, 5.41) is 0. The molecule has 0 unspecified atom stereocenters. The Kier molecular flexibility index (Phi) is 6.75. The van der Waals surface area contributed by atoms with Gasteiger partial charge in [-0.1, -0.05) is 19.9 Å². The molecule has 0 aliphatic carbocycles. The number of pyridine rings is 1. The van der Waals surface area contributed by atoms with Crippen molar-refractivity contribution in [1.29, 1.82) is 0 Å². The summed E-state index contributed by atoms with van der Waals surface area (Å²) in [7, 11) is 0. The number of nitrogens with zero attached hydrogens (tertiary/aromatic N) is 1. The number of rotatable bonds is 6. The maximum absolute atomic E-state index is 12.2. The van der Waals surface area contributed by atoms with Gasteiger partial charge < -0.3 is 14.2 Å². The molecule has 1 aromatic heterocycles. The Hall–Kier alpha value is -2.37. The average molecular weight is 321 g/mol. The third-order valence-corrected chi connectivity index (χ3v) is 2.65. The van der Waals surface area contributed by atoms with Crippen LogP contribution in [0, 0.1) is 0 Å². The van der Waals surface area contributed by atoms with E-state index < -0.39 is 17.7 Å². The molecule has 126 valence electrons. The lowest BCUT2D eigenvalue weighted by molar-refractivity contribution is 0.0201. The van der Waals surface area contributed by atoms with Crippen LogP contribution in [0.25, 0.3) is 6.08 Å². The zero-order valence-corrected chi connectivity index (χ0v) is 14.0. The second-order valence-electron chi connectivity index (χ2n) is 5.83. The highest BCUT2D eigenvalue weighted by Gasteiger charge is 2.24. The first-order valence-corrected chi connectivity index (χ1v) is 7.48. The fourth-order valence-electron chi connectivity index (χ4n) is 1.62. The van der Waals surface area contributed by atoms with Gasteiger partial charge in [-0.2, -0.15) is 0 Å². The lowest BCUT2D eigenvalue weighted by Gasteiger charge is -2.19. The number of carbonyl (C=O) groups is 2. The van der Waals surface area contributed by atoms with Crippen molar-refractivity contribution in [3.8, 4) is 5.75 Å². The summed E-state index contributed by atoms with van der Waals surface area (Å²) >= 11 is 0. The van der Waals surface area contributed by atoms with Gasteiger partial charge in [-0.25, -0.2) is 9.59 Å². The number of aromatic nitrogens is 1. The van der Waals surface area contributed by atoms with Crippen LogP contribution in [-0.4, -0.2) is 29.3 Å². The predicted molar refractivity (Wildman–Crippen MR) is 86.4 cm³/mol. The van der Waals surface area contributed by atoms with Gasteiger partial charge in [0.05, 0.1) is 6.61 Å². The topological polar surface area (TPSA) is 74.7 Å². The van der Waals surface area contributed by atoms with Crippen molar-refractivity contribution < 1.29 is 23.8 Å². The molecule has 6 heteroatoms. The van der Waals surface area contributed by atoms with Crippen LogP contribution in [0.3, 0.4) is 0 Å². The molecule has 0 N–H and O–H groups in total. The molecule has 0 aliphatic rings. The van der Waals surface area contributed by atoms with Crippen LogP contribution in [0.5, 0.6) is 5.75 Å². The number of esters is 1. The molecular formula is C17H23NO5. The Morgan fingerprint density at radius 2 is 2.04 bits per heavy atom. The van der Waals surface area contributed by atoms with Gasteiger partial charge in [0.2, 0.25) is 0 Å². The van der Waals surface area contributed by atoms with Crippen molar-refractivity contribution in [3.63, 3.8) is 0 Å². The minimum absolute atomic E-state index is 0.0155. The highest BCUT2D eigenvalue weighted by molar-refractivity contribution is 5.94.